The molecule has 3 nitrogen and oxygen atoms in total. The van der Waals surface area contributed by atoms with Crippen LogP contribution in [0.5, 0.6) is 0 Å². The monoisotopic (exact) mass is 404 g/mol. The van der Waals surface area contributed by atoms with Crippen LogP contribution in [0.15, 0.2) is 0 Å². The van der Waals surface area contributed by atoms with Crippen molar-refractivity contribution in [2.75, 3.05) is 26.2 Å². The molecule has 0 amide bonds. The van der Waals surface area contributed by atoms with Crippen LogP contribution >= 0.6 is 31.2 Å². The van der Waals surface area contributed by atoms with Crippen molar-refractivity contribution in [3.8, 4) is 0 Å². The van der Waals surface area contributed by atoms with E-state index in [0.717, 1.165) is 13.1 Å². The number of hydrogen-bond donors (Lipinski definition) is 3. The molecule has 0 rings (SSSR count). The molecular formula is C4H14Cl3N3Pt. The minimum atomic E-state index is -0.472. The van der Waals surface area contributed by atoms with E-state index in [1.54, 1.807) is 0 Å². The Kier molecular flexibility index (Phi) is 37.4. The second-order valence-electron chi connectivity index (χ2n) is 1.37. The Bertz CT molecular complexity index is 47.6. The van der Waals surface area contributed by atoms with Crippen LogP contribution in [0.2, 0.25) is 0 Å². The van der Waals surface area contributed by atoms with Crippen LogP contribution in [0.3, 0.4) is 0 Å². The summed E-state index contributed by atoms with van der Waals surface area (Å²) in [6.07, 6.45) is 0. The van der Waals surface area contributed by atoms with Crippen molar-refractivity contribution >= 4 is 31.2 Å². The van der Waals surface area contributed by atoms with Gasteiger partial charge in [-0.25, -0.2) is 0 Å². The van der Waals surface area contributed by atoms with Crippen LogP contribution in [-0.4, -0.2) is 26.2 Å². The van der Waals surface area contributed by atoms with Gasteiger partial charge in [-0.2, -0.15) is 0 Å². The van der Waals surface area contributed by atoms with Crippen LogP contribution in [0.1, 0.15) is 0 Å². The summed E-state index contributed by atoms with van der Waals surface area (Å²) in [6, 6.07) is 0. The van der Waals surface area contributed by atoms with E-state index >= 15 is 0 Å². The molecule has 0 saturated heterocycles. The van der Waals surface area contributed by atoms with Crippen molar-refractivity contribution in [2.45, 2.75) is 0 Å². The molecule has 0 aromatic heterocycles. The van der Waals surface area contributed by atoms with E-state index in [4.69, 9.17) is 30.3 Å². The van der Waals surface area contributed by atoms with E-state index in [0.29, 0.717) is 13.1 Å². The zero-order valence-corrected chi connectivity index (χ0v) is 10.6. The second-order valence-corrected chi connectivity index (χ2v) is 4.66. The predicted molar refractivity (Wildman–Crippen MR) is 49.9 cm³/mol. The molecule has 0 aliphatic rings. The number of nitrogens with one attached hydrogen (secondary N) is 1. The SMILES string of the molecule is Cl.NCCNCCN.[Cl][Pt][Cl]. The van der Waals surface area contributed by atoms with Crippen LogP contribution in [-0.2, 0) is 16.5 Å². The van der Waals surface area contributed by atoms with Gasteiger partial charge in [0.1, 0.15) is 0 Å². The molecule has 11 heavy (non-hydrogen) atoms. The zero-order chi connectivity index (χ0) is 8.24. The van der Waals surface area contributed by atoms with Gasteiger partial charge in [0.2, 0.25) is 0 Å². The van der Waals surface area contributed by atoms with Crippen molar-refractivity contribution in [3.05, 3.63) is 0 Å². The van der Waals surface area contributed by atoms with Crippen molar-refractivity contribution in [1.82, 2.24) is 5.32 Å². The number of nitrogens with two attached hydrogens (primary N) is 2. The summed E-state index contributed by atoms with van der Waals surface area (Å²) in [5.41, 5.74) is 10.3. The zero-order valence-electron chi connectivity index (χ0n) is 5.96. The molecule has 0 unspecified atom stereocenters. The van der Waals surface area contributed by atoms with Gasteiger partial charge in [0.15, 0.2) is 0 Å². The van der Waals surface area contributed by atoms with Crippen LogP contribution in [0, 0.1) is 0 Å². The standard InChI is InChI=1S/C4H13N3.3ClH.Pt/c5-1-3-7-4-2-6;;;;/h7H,1-6H2;3*1H;/q;;;;+2/p-2. The molecule has 0 aromatic carbocycles. The molecule has 0 aliphatic carbocycles. The molecule has 0 aliphatic heterocycles. The van der Waals surface area contributed by atoms with Gasteiger partial charge in [0.05, 0.1) is 0 Å². The molecule has 0 radical (unpaired) electrons. The van der Waals surface area contributed by atoms with Gasteiger partial charge in [0.25, 0.3) is 0 Å². The first-order valence-electron chi connectivity index (χ1n) is 2.76. The molecular weight excluding hydrogens is 392 g/mol. The summed E-state index contributed by atoms with van der Waals surface area (Å²) < 4.78 is 0. The minimum absolute atomic E-state index is 0. The number of rotatable bonds is 4. The van der Waals surface area contributed by atoms with Gasteiger partial charge in [-0.15, -0.1) is 12.4 Å². The quantitative estimate of drug-likeness (QED) is 0.589. The molecule has 0 saturated carbocycles. The third kappa shape index (κ3) is 34.5. The van der Waals surface area contributed by atoms with Crippen LogP contribution in [0.4, 0.5) is 0 Å². The van der Waals surface area contributed by atoms with E-state index in [1.807, 2.05) is 0 Å². The number of halogens is 3. The number of hydrogen-bond acceptors (Lipinski definition) is 3. The average molecular weight is 406 g/mol. The van der Waals surface area contributed by atoms with Crippen molar-refractivity contribution in [3.63, 3.8) is 0 Å². The van der Waals surface area contributed by atoms with Gasteiger partial charge < -0.3 is 16.8 Å². The fourth-order valence-corrected chi connectivity index (χ4v) is 0.329. The predicted octanol–water partition coefficient (Wildman–Crippen LogP) is 0.292. The molecule has 0 bridgehead atoms. The first-order valence-corrected chi connectivity index (χ1v) is 8.39. The fourth-order valence-electron chi connectivity index (χ4n) is 0.329. The summed E-state index contributed by atoms with van der Waals surface area (Å²) in [7, 11) is 9.75. The summed E-state index contributed by atoms with van der Waals surface area (Å²) in [5.74, 6) is 0. The Hall–Kier alpha value is 1.44. The first kappa shape index (κ1) is 18.3. The van der Waals surface area contributed by atoms with E-state index in [9.17, 15) is 0 Å². The Labute approximate surface area is 90.3 Å². The van der Waals surface area contributed by atoms with Gasteiger partial charge in [-0.3, -0.25) is 0 Å². The van der Waals surface area contributed by atoms with Crippen LogP contribution < -0.4 is 16.8 Å². The molecule has 5 N–H and O–H groups in total. The third-order valence-electron chi connectivity index (χ3n) is 0.642. The Morgan fingerprint density at radius 2 is 1.36 bits per heavy atom. The summed E-state index contributed by atoms with van der Waals surface area (Å²) in [4.78, 5) is 0. The second kappa shape index (κ2) is 22.5. The average Bonchev–Trinajstić information content (AvgIpc) is 1.91. The van der Waals surface area contributed by atoms with Crippen molar-refractivity contribution < 1.29 is 16.5 Å². The molecule has 0 heterocycles. The molecule has 0 aromatic rings. The van der Waals surface area contributed by atoms with E-state index in [-0.39, 0.29) is 12.4 Å². The Morgan fingerprint density at radius 3 is 1.55 bits per heavy atom. The molecule has 0 fully saturated rings. The van der Waals surface area contributed by atoms with E-state index in [1.165, 1.54) is 0 Å². The van der Waals surface area contributed by atoms with Gasteiger partial charge in [-0.05, 0) is 0 Å². The molecule has 0 spiro atoms. The van der Waals surface area contributed by atoms with E-state index < -0.39 is 16.5 Å². The fraction of sp³-hybridized carbons (Fsp3) is 1.00. The Morgan fingerprint density at radius 1 is 1.09 bits per heavy atom. The molecule has 7 heteroatoms. The van der Waals surface area contributed by atoms with Gasteiger partial charge in [0, 0.05) is 26.2 Å². The maximum absolute atomic E-state index is 5.17. The molecule has 76 valence electrons. The first-order chi connectivity index (χ1) is 4.83. The van der Waals surface area contributed by atoms with Gasteiger partial charge in [-0.1, -0.05) is 0 Å². The maximum atomic E-state index is 5.17. The summed E-state index contributed by atoms with van der Waals surface area (Å²) >= 11 is -0.472. The normalized spacial score (nSPS) is 8.00. The van der Waals surface area contributed by atoms with Crippen LogP contribution in [0.25, 0.3) is 0 Å². The van der Waals surface area contributed by atoms with Gasteiger partial charge >= 0.3 is 35.3 Å². The topological polar surface area (TPSA) is 64.1 Å². The van der Waals surface area contributed by atoms with E-state index in [2.05, 4.69) is 5.32 Å². The van der Waals surface area contributed by atoms with Crippen molar-refractivity contribution in [1.29, 1.82) is 0 Å². The Balaban J connectivity index is -0.000000140. The van der Waals surface area contributed by atoms with Crippen molar-refractivity contribution in [2.24, 2.45) is 11.5 Å². The molecule has 0 atom stereocenters. The summed E-state index contributed by atoms with van der Waals surface area (Å²) in [5, 5.41) is 3.03. The summed E-state index contributed by atoms with van der Waals surface area (Å²) in [6.45, 7) is 3.13. The third-order valence-corrected chi connectivity index (χ3v) is 0.642.